The fourth-order valence-corrected chi connectivity index (χ4v) is 4.41. The zero-order valence-corrected chi connectivity index (χ0v) is 18.8. The van der Waals surface area contributed by atoms with Crippen molar-refractivity contribution in [1.29, 1.82) is 0 Å². The van der Waals surface area contributed by atoms with E-state index in [1.165, 1.54) is 12.1 Å². The Morgan fingerprint density at radius 3 is 2.48 bits per heavy atom. The summed E-state index contributed by atoms with van der Waals surface area (Å²) in [6, 6.07) is 17.9. The summed E-state index contributed by atoms with van der Waals surface area (Å²) < 4.78 is 13.3. The molecule has 5 nitrogen and oxygen atoms in total. The van der Waals surface area contributed by atoms with E-state index in [-0.39, 0.29) is 17.6 Å². The summed E-state index contributed by atoms with van der Waals surface area (Å²) in [5.41, 5.74) is 6.60. The number of pyridine rings is 1. The van der Waals surface area contributed by atoms with Crippen molar-refractivity contribution >= 4 is 16.9 Å². The third kappa shape index (κ3) is 4.33. The molecule has 6 heteroatoms. The quantitative estimate of drug-likeness (QED) is 0.424. The summed E-state index contributed by atoms with van der Waals surface area (Å²) in [6.45, 7) is 5.21. The van der Waals surface area contributed by atoms with E-state index < -0.39 is 0 Å². The van der Waals surface area contributed by atoms with E-state index in [2.05, 4.69) is 9.97 Å². The van der Waals surface area contributed by atoms with Crippen molar-refractivity contribution < 1.29 is 9.18 Å². The van der Waals surface area contributed by atoms with Gasteiger partial charge in [0.2, 0.25) is 0 Å². The first kappa shape index (κ1) is 21.2. The van der Waals surface area contributed by atoms with Gasteiger partial charge in [-0.25, -0.2) is 14.4 Å². The first-order valence-electron chi connectivity index (χ1n) is 11.2. The smallest absolute Gasteiger partial charge is 0.253 e. The van der Waals surface area contributed by atoms with Crippen LogP contribution in [0.2, 0.25) is 0 Å². The minimum absolute atomic E-state index is 0.0105. The number of rotatable bonds is 3. The van der Waals surface area contributed by atoms with E-state index in [1.807, 2.05) is 55.1 Å². The summed E-state index contributed by atoms with van der Waals surface area (Å²) in [6.07, 6.45) is 1.90. The molecular weight excluding hydrogens is 415 g/mol. The van der Waals surface area contributed by atoms with Crippen LogP contribution in [0.4, 0.5) is 4.39 Å². The van der Waals surface area contributed by atoms with Crippen LogP contribution in [0.5, 0.6) is 0 Å². The molecule has 0 radical (unpaired) electrons. The van der Waals surface area contributed by atoms with Gasteiger partial charge in [-0.3, -0.25) is 9.78 Å². The Balaban J connectivity index is 1.37. The van der Waals surface area contributed by atoms with Crippen LogP contribution >= 0.6 is 0 Å². The lowest BCUT2D eigenvalue weighted by Crippen LogP contribution is -2.39. The number of amides is 1. The van der Waals surface area contributed by atoms with Crippen LogP contribution in [0.1, 0.15) is 46.2 Å². The van der Waals surface area contributed by atoms with Crippen molar-refractivity contribution in [3.63, 3.8) is 0 Å². The maximum atomic E-state index is 13.3. The number of aryl methyl sites for hydroxylation is 2. The highest BCUT2D eigenvalue weighted by Crippen LogP contribution is 2.29. The van der Waals surface area contributed by atoms with Crippen LogP contribution < -0.4 is 0 Å². The number of aromatic nitrogens is 3. The third-order valence-corrected chi connectivity index (χ3v) is 6.36. The van der Waals surface area contributed by atoms with Crippen LogP contribution in [-0.4, -0.2) is 38.8 Å². The van der Waals surface area contributed by atoms with Crippen molar-refractivity contribution in [2.24, 2.45) is 0 Å². The number of hydrogen-bond donors (Lipinski definition) is 0. The molecule has 0 aliphatic carbocycles. The first-order chi connectivity index (χ1) is 16.0. The average molecular weight is 441 g/mol. The Morgan fingerprint density at radius 2 is 1.70 bits per heavy atom. The van der Waals surface area contributed by atoms with E-state index >= 15 is 0 Å². The molecule has 2 aromatic carbocycles. The van der Waals surface area contributed by atoms with Crippen LogP contribution in [0.25, 0.3) is 22.3 Å². The van der Waals surface area contributed by atoms with Gasteiger partial charge in [0.15, 0.2) is 0 Å². The molecule has 0 saturated carbocycles. The lowest BCUT2D eigenvalue weighted by Gasteiger charge is -2.32. The second-order valence-electron chi connectivity index (χ2n) is 8.64. The molecule has 0 spiro atoms. The second kappa shape index (κ2) is 8.70. The second-order valence-corrected chi connectivity index (χ2v) is 8.64. The Morgan fingerprint density at radius 1 is 0.939 bits per heavy atom. The maximum Gasteiger partial charge on any atom is 0.253 e. The Kier molecular flexibility index (Phi) is 5.58. The molecule has 5 rings (SSSR count). The van der Waals surface area contributed by atoms with E-state index in [4.69, 9.17) is 4.98 Å². The maximum absolute atomic E-state index is 13.3. The zero-order valence-electron chi connectivity index (χ0n) is 18.8. The summed E-state index contributed by atoms with van der Waals surface area (Å²) >= 11 is 0. The van der Waals surface area contributed by atoms with Gasteiger partial charge >= 0.3 is 0 Å². The molecule has 1 fully saturated rings. The van der Waals surface area contributed by atoms with Crippen molar-refractivity contribution in [3.8, 4) is 11.3 Å². The number of carbonyl (C=O) groups is 1. The molecule has 1 aliphatic rings. The molecule has 1 aliphatic heterocycles. The van der Waals surface area contributed by atoms with Crippen LogP contribution in [-0.2, 0) is 0 Å². The predicted molar refractivity (Wildman–Crippen MR) is 127 cm³/mol. The van der Waals surface area contributed by atoms with E-state index in [1.54, 1.807) is 12.1 Å². The highest BCUT2D eigenvalue weighted by Gasteiger charge is 2.27. The lowest BCUT2D eigenvalue weighted by molar-refractivity contribution is 0.0706. The summed E-state index contributed by atoms with van der Waals surface area (Å²) in [4.78, 5) is 29.2. The SMILES string of the molecule is Cc1nc2ccc(C(=O)N3CCC[C@H](c4cccc(-c5ccc(F)cc5)n4)C3)cc2nc1C. The normalized spacial score (nSPS) is 16.2. The Bertz CT molecular complexity index is 1340. The summed E-state index contributed by atoms with van der Waals surface area (Å²) in [7, 11) is 0. The fraction of sp³-hybridized carbons (Fsp3) is 0.259. The third-order valence-electron chi connectivity index (χ3n) is 6.36. The molecule has 1 saturated heterocycles. The molecular formula is C27H25FN4O. The Labute approximate surface area is 192 Å². The van der Waals surface area contributed by atoms with Crippen molar-refractivity contribution in [2.45, 2.75) is 32.6 Å². The van der Waals surface area contributed by atoms with Gasteiger partial charge in [-0.2, -0.15) is 0 Å². The molecule has 33 heavy (non-hydrogen) atoms. The topological polar surface area (TPSA) is 59.0 Å². The lowest BCUT2D eigenvalue weighted by atomic mass is 9.93. The molecule has 1 atom stereocenters. The molecule has 3 heterocycles. The largest absolute Gasteiger partial charge is 0.338 e. The summed E-state index contributed by atoms with van der Waals surface area (Å²) in [5.74, 6) is -0.0918. The van der Waals surface area contributed by atoms with Gasteiger partial charge in [-0.05, 0) is 81.3 Å². The minimum atomic E-state index is -0.263. The molecule has 166 valence electrons. The number of nitrogens with zero attached hydrogens (tertiary/aromatic N) is 4. The van der Waals surface area contributed by atoms with Gasteiger partial charge in [0.1, 0.15) is 5.82 Å². The highest BCUT2D eigenvalue weighted by atomic mass is 19.1. The number of halogens is 1. The average Bonchev–Trinajstić information content (AvgIpc) is 2.85. The molecule has 2 aromatic heterocycles. The fourth-order valence-electron chi connectivity index (χ4n) is 4.41. The number of piperidine rings is 1. The van der Waals surface area contributed by atoms with Crippen molar-refractivity contribution in [1.82, 2.24) is 19.9 Å². The monoisotopic (exact) mass is 440 g/mol. The number of benzene rings is 2. The van der Waals surface area contributed by atoms with Crippen LogP contribution in [0.3, 0.4) is 0 Å². The number of likely N-dealkylation sites (tertiary alicyclic amines) is 1. The predicted octanol–water partition coefficient (Wildman–Crippen LogP) is 5.47. The number of carbonyl (C=O) groups excluding carboxylic acids is 1. The van der Waals surface area contributed by atoms with Crippen molar-refractivity contribution in [3.05, 3.63) is 89.1 Å². The molecule has 0 unspecified atom stereocenters. The first-order valence-corrected chi connectivity index (χ1v) is 11.2. The van der Waals surface area contributed by atoms with Crippen LogP contribution in [0, 0.1) is 19.7 Å². The van der Waals surface area contributed by atoms with Crippen LogP contribution in [0.15, 0.2) is 60.7 Å². The van der Waals surface area contributed by atoms with E-state index in [9.17, 15) is 9.18 Å². The number of fused-ring (bicyclic) bond motifs is 1. The zero-order chi connectivity index (χ0) is 22.9. The van der Waals surface area contributed by atoms with E-state index in [0.717, 1.165) is 58.8 Å². The molecule has 4 aromatic rings. The molecule has 0 bridgehead atoms. The highest BCUT2D eigenvalue weighted by molar-refractivity contribution is 5.97. The van der Waals surface area contributed by atoms with Gasteiger partial charge in [0, 0.05) is 35.8 Å². The van der Waals surface area contributed by atoms with Gasteiger partial charge in [-0.1, -0.05) is 6.07 Å². The number of hydrogen-bond acceptors (Lipinski definition) is 4. The molecule has 0 N–H and O–H groups in total. The van der Waals surface area contributed by atoms with Crippen molar-refractivity contribution in [2.75, 3.05) is 13.1 Å². The van der Waals surface area contributed by atoms with Gasteiger partial charge in [0.05, 0.1) is 28.1 Å². The van der Waals surface area contributed by atoms with E-state index in [0.29, 0.717) is 12.1 Å². The van der Waals surface area contributed by atoms with Gasteiger partial charge < -0.3 is 4.90 Å². The minimum Gasteiger partial charge on any atom is -0.338 e. The van der Waals surface area contributed by atoms with Gasteiger partial charge in [-0.15, -0.1) is 0 Å². The standard InChI is InChI=1S/C27H25FN4O/c1-17-18(2)30-26-15-20(10-13-25(26)29-17)27(33)32-14-4-5-21(16-32)24-7-3-6-23(31-24)19-8-11-22(28)12-9-19/h3,6-13,15,21H,4-5,14,16H2,1-2H3/t21-/m0/s1. The molecule has 1 amide bonds. The van der Waals surface area contributed by atoms with Gasteiger partial charge in [0.25, 0.3) is 5.91 Å². The summed E-state index contributed by atoms with van der Waals surface area (Å²) in [5, 5.41) is 0. The Hall–Kier alpha value is -3.67.